The molecule has 0 unspecified atom stereocenters. The third-order valence-electron chi connectivity index (χ3n) is 7.98. The maximum absolute atomic E-state index is 14.6. The Hall–Kier alpha value is -3.85. The fourth-order valence-corrected chi connectivity index (χ4v) is 6.93. The second-order valence-corrected chi connectivity index (χ2v) is 14.9. The molecule has 0 aliphatic rings. The minimum absolute atomic E-state index is 0.0488. The summed E-state index contributed by atoms with van der Waals surface area (Å²) in [6.07, 6.45) is 0.204. The van der Waals surface area contributed by atoms with Gasteiger partial charge >= 0.3 is 0 Å². The molecule has 4 rings (SSSR count). The average molecular weight is 695 g/mol. The van der Waals surface area contributed by atoms with E-state index in [4.69, 9.17) is 23.2 Å². The first-order valence-electron chi connectivity index (χ1n) is 15.5. The lowest BCUT2D eigenvalue weighted by molar-refractivity contribution is -0.140. The molecule has 0 saturated heterocycles. The van der Waals surface area contributed by atoms with Crippen LogP contribution in [0.5, 0.6) is 0 Å². The van der Waals surface area contributed by atoms with Crippen LogP contribution in [0, 0.1) is 26.7 Å². The van der Waals surface area contributed by atoms with Gasteiger partial charge in [0, 0.05) is 29.6 Å². The number of carbonyl (C=O) groups excluding carboxylic acids is 2. The van der Waals surface area contributed by atoms with Gasteiger partial charge in [0.2, 0.25) is 11.8 Å². The van der Waals surface area contributed by atoms with Gasteiger partial charge in [0.25, 0.3) is 10.0 Å². The Kier molecular flexibility index (Phi) is 12.1. The second kappa shape index (κ2) is 15.8. The van der Waals surface area contributed by atoms with Crippen LogP contribution in [0.2, 0.25) is 10.0 Å². The first-order chi connectivity index (χ1) is 22.3. The number of nitrogens with one attached hydrogen (secondary N) is 1. The maximum atomic E-state index is 14.6. The van der Waals surface area contributed by atoms with Crippen molar-refractivity contribution in [3.8, 4) is 0 Å². The van der Waals surface area contributed by atoms with Crippen LogP contribution >= 0.6 is 23.2 Å². The van der Waals surface area contributed by atoms with E-state index in [0.717, 1.165) is 26.6 Å². The third kappa shape index (κ3) is 9.37. The molecule has 0 aliphatic heterocycles. The fourth-order valence-electron chi connectivity index (χ4n) is 5.06. The maximum Gasteiger partial charge on any atom is 0.264 e. The lowest BCUT2D eigenvalue weighted by Crippen LogP contribution is -2.53. The molecule has 0 saturated carbocycles. The molecule has 0 aromatic heterocycles. The van der Waals surface area contributed by atoms with Crippen molar-refractivity contribution in [2.24, 2.45) is 5.92 Å². The summed E-state index contributed by atoms with van der Waals surface area (Å²) >= 11 is 12.8. The lowest BCUT2D eigenvalue weighted by Gasteiger charge is -2.34. The molecule has 248 valence electrons. The minimum Gasteiger partial charge on any atom is -0.354 e. The number of amides is 2. The smallest absolute Gasteiger partial charge is 0.264 e. The van der Waals surface area contributed by atoms with E-state index >= 15 is 0 Å². The number of carbonyl (C=O) groups is 2. The molecule has 1 N–H and O–H groups in total. The Labute approximate surface area is 288 Å². The summed E-state index contributed by atoms with van der Waals surface area (Å²) < 4.78 is 29.6. The topological polar surface area (TPSA) is 86.8 Å². The molecule has 4 aromatic rings. The first-order valence-corrected chi connectivity index (χ1v) is 17.7. The van der Waals surface area contributed by atoms with E-state index in [-0.39, 0.29) is 29.7 Å². The van der Waals surface area contributed by atoms with Crippen LogP contribution in [-0.2, 0) is 32.6 Å². The predicted octanol–water partition coefficient (Wildman–Crippen LogP) is 7.53. The summed E-state index contributed by atoms with van der Waals surface area (Å²) in [5.74, 6) is -0.739. The zero-order valence-corrected chi connectivity index (χ0v) is 29.7. The van der Waals surface area contributed by atoms with E-state index < -0.39 is 28.5 Å². The van der Waals surface area contributed by atoms with E-state index in [1.807, 2.05) is 71.0 Å². The molecule has 0 fully saturated rings. The van der Waals surface area contributed by atoms with Gasteiger partial charge < -0.3 is 10.2 Å². The van der Waals surface area contributed by atoms with Gasteiger partial charge in [0.1, 0.15) is 12.6 Å². The molecular formula is C37H41Cl2N3O4S. The molecule has 2 amide bonds. The van der Waals surface area contributed by atoms with Crippen LogP contribution in [0.1, 0.15) is 41.7 Å². The number of benzene rings is 4. The molecule has 0 radical (unpaired) electrons. The molecule has 7 nitrogen and oxygen atoms in total. The summed E-state index contributed by atoms with van der Waals surface area (Å²) in [7, 11) is -4.20. The van der Waals surface area contributed by atoms with E-state index in [9.17, 15) is 18.0 Å². The molecule has 10 heteroatoms. The summed E-state index contributed by atoms with van der Waals surface area (Å²) in [5.41, 5.74) is 4.51. The largest absolute Gasteiger partial charge is 0.354 e. The number of hydrogen-bond donors (Lipinski definition) is 1. The monoisotopic (exact) mass is 693 g/mol. The molecule has 47 heavy (non-hydrogen) atoms. The van der Waals surface area contributed by atoms with Gasteiger partial charge in [-0.1, -0.05) is 97.2 Å². The van der Waals surface area contributed by atoms with Crippen molar-refractivity contribution in [2.45, 2.75) is 58.5 Å². The summed E-state index contributed by atoms with van der Waals surface area (Å²) in [5, 5.41) is 3.74. The SMILES string of the molecule is Cc1ccc(S(=O)(=O)N(CC(=O)N(Cc2ccc(Cl)cc2Cl)[C@@H](Cc2ccccc2)C(=O)NCC(C)C)c2ccc(C)c(C)c2)cc1. The zero-order valence-electron chi connectivity index (χ0n) is 27.3. The highest BCUT2D eigenvalue weighted by Gasteiger charge is 2.35. The molecule has 0 spiro atoms. The van der Waals surface area contributed by atoms with Crippen LogP contribution in [0.15, 0.2) is 95.9 Å². The molecule has 0 aliphatic carbocycles. The predicted molar refractivity (Wildman–Crippen MR) is 190 cm³/mol. The summed E-state index contributed by atoms with van der Waals surface area (Å²) in [6, 6.07) is 25.2. The van der Waals surface area contributed by atoms with Crippen molar-refractivity contribution >= 4 is 50.7 Å². The zero-order chi connectivity index (χ0) is 34.3. The lowest BCUT2D eigenvalue weighted by atomic mass is 10.0. The van der Waals surface area contributed by atoms with Crippen molar-refractivity contribution in [2.75, 3.05) is 17.4 Å². The van der Waals surface area contributed by atoms with Crippen LogP contribution < -0.4 is 9.62 Å². The number of anilines is 1. The number of hydrogen-bond acceptors (Lipinski definition) is 4. The minimum atomic E-state index is -4.20. The molecule has 0 heterocycles. The van der Waals surface area contributed by atoms with Crippen molar-refractivity contribution < 1.29 is 18.0 Å². The number of aryl methyl sites for hydroxylation is 3. The summed E-state index contributed by atoms with van der Waals surface area (Å²) in [4.78, 5) is 30.0. The van der Waals surface area contributed by atoms with Gasteiger partial charge in [-0.3, -0.25) is 13.9 Å². The number of sulfonamides is 1. The van der Waals surface area contributed by atoms with E-state index in [1.54, 1.807) is 42.5 Å². The number of halogens is 2. The fraction of sp³-hybridized carbons (Fsp3) is 0.297. The van der Waals surface area contributed by atoms with Gasteiger partial charge in [-0.15, -0.1) is 0 Å². The average Bonchev–Trinajstić information content (AvgIpc) is 3.03. The normalized spacial score (nSPS) is 12.1. The third-order valence-corrected chi connectivity index (χ3v) is 10.4. The van der Waals surface area contributed by atoms with Gasteiger partial charge in [0.05, 0.1) is 10.6 Å². The van der Waals surface area contributed by atoms with Crippen LogP contribution in [-0.4, -0.2) is 44.3 Å². The van der Waals surface area contributed by atoms with E-state index in [1.165, 1.54) is 17.0 Å². The quantitative estimate of drug-likeness (QED) is 0.157. The molecule has 0 bridgehead atoms. The van der Waals surface area contributed by atoms with Gasteiger partial charge in [-0.25, -0.2) is 8.42 Å². The van der Waals surface area contributed by atoms with E-state index in [0.29, 0.717) is 27.8 Å². The second-order valence-electron chi connectivity index (χ2n) is 12.2. The Bertz CT molecular complexity index is 1810. The molecule has 1 atom stereocenters. The number of rotatable bonds is 13. The Balaban J connectivity index is 1.84. The van der Waals surface area contributed by atoms with Crippen molar-refractivity contribution in [1.29, 1.82) is 0 Å². The van der Waals surface area contributed by atoms with Gasteiger partial charge in [-0.2, -0.15) is 0 Å². The van der Waals surface area contributed by atoms with Gasteiger partial charge in [0.15, 0.2) is 0 Å². The number of nitrogens with zero attached hydrogens (tertiary/aromatic N) is 2. The van der Waals surface area contributed by atoms with Crippen LogP contribution in [0.25, 0.3) is 0 Å². The van der Waals surface area contributed by atoms with Crippen LogP contribution in [0.4, 0.5) is 5.69 Å². The highest BCUT2D eigenvalue weighted by Crippen LogP contribution is 2.28. The van der Waals surface area contributed by atoms with Crippen molar-refractivity contribution in [1.82, 2.24) is 10.2 Å². The van der Waals surface area contributed by atoms with Crippen LogP contribution in [0.3, 0.4) is 0 Å². The van der Waals surface area contributed by atoms with Crippen molar-refractivity contribution in [3.05, 3.63) is 129 Å². The highest BCUT2D eigenvalue weighted by molar-refractivity contribution is 7.92. The highest BCUT2D eigenvalue weighted by atomic mass is 35.5. The Morgan fingerprint density at radius 2 is 1.51 bits per heavy atom. The van der Waals surface area contributed by atoms with E-state index in [2.05, 4.69) is 5.32 Å². The van der Waals surface area contributed by atoms with Crippen molar-refractivity contribution in [3.63, 3.8) is 0 Å². The Morgan fingerprint density at radius 3 is 2.13 bits per heavy atom. The summed E-state index contributed by atoms with van der Waals surface area (Å²) in [6.45, 7) is 9.48. The molecule has 4 aromatic carbocycles. The Morgan fingerprint density at radius 1 is 0.830 bits per heavy atom. The van der Waals surface area contributed by atoms with Gasteiger partial charge in [-0.05, 0) is 85.3 Å². The first kappa shape index (κ1) is 36.0. The standard InChI is InChI=1S/C37H41Cl2N3O4S/c1-25(2)22-40-37(44)35(20-29-9-7-6-8-10-29)41(23-30-14-15-31(38)21-34(30)39)36(43)24-42(32-16-13-27(4)28(5)19-32)47(45,46)33-17-11-26(3)12-18-33/h6-19,21,25,35H,20,22-24H2,1-5H3,(H,40,44)/t35-/m0/s1. The molecular weight excluding hydrogens is 653 g/mol.